The quantitative estimate of drug-likeness (QED) is 0.312. The lowest BCUT2D eigenvalue weighted by molar-refractivity contribution is -0.152. The fourth-order valence-electron chi connectivity index (χ4n) is 1.79. The number of halogens is 3. The largest absolute Gasteiger partial charge is 0.409 e. The smallest absolute Gasteiger partial charge is 0.400 e. The summed E-state index contributed by atoms with van der Waals surface area (Å²) in [7, 11) is 1.55. The summed E-state index contributed by atoms with van der Waals surface area (Å²) in [5.41, 5.74) is 6.50. The molecule has 0 radical (unpaired) electrons. The van der Waals surface area contributed by atoms with Gasteiger partial charge in [-0.15, -0.1) is 0 Å². The van der Waals surface area contributed by atoms with Crippen molar-refractivity contribution >= 4 is 11.5 Å². The van der Waals surface area contributed by atoms with Gasteiger partial charge in [0.05, 0.1) is 6.61 Å². The van der Waals surface area contributed by atoms with Crippen molar-refractivity contribution in [1.82, 2.24) is 0 Å². The van der Waals surface area contributed by atoms with Crippen LogP contribution in [0.1, 0.15) is 5.56 Å². The Morgan fingerprint density at radius 3 is 2.67 bits per heavy atom. The predicted octanol–water partition coefficient (Wildman–Crippen LogP) is 2.21. The molecule has 1 rings (SSSR count). The molecule has 118 valence electrons. The van der Waals surface area contributed by atoms with Crippen molar-refractivity contribution in [2.75, 3.05) is 25.6 Å². The van der Waals surface area contributed by atoms with Gasteiger partial charge in [0.1, 0.15) is 5.92 Å². The summed E-state index contributed by atoms with van der Waals surface area (Å²) in [5, 5.41) is 13.6. The lowest BCUT2D eigenvalue weighted by Crippen LogP contribution is -2.40. The predicted molar refractivity (Wildman–Crippen MR) is 73.5 cm³/mol. The first-order valence-electron chi connectivity index (χ1n) is 6.25. The molecule has 0 amide bonds. The van der Waals surface area contributed by atoms with Crippen molar-refractivity contribution in [3.05, 3.63) is 29.8 Å². The fraction of sp³-hybridized carbons (Fsp3) is 0.462. The molecule has 0 aliphatic heterocycles. The average Bonchev–Trinajstić information content (AvgIpc) is 2.44. The van der Waals surface area contributed by atoms with Gasteiger partial charge in [-0.3, -0.25) is 0 Å². The van der Waals surface area contributed by atoms with E-state index in [2.05, 4.69) is 10.5 Å². The van der Waals surface area contributed by atoms with E-state index in [4.69, 9.17) is 15.7 Å². The van der Waals surface area contributed by atoms with Crippen LogP contribution in [0.2, 0.25) is 0 Å². The van der Waals surface area contributed by atoms with Crippen LogP contribution in [0.4, 0.5) is 18.9 Å². The average molecular weight is 305 g/mol. The minimum atomic E-state index is -4.59. The van der Waals surface area contributed by atoms with Gasteiger partial charge in [0.15, 0.2) is 5.84 Å². The zero-order valence-electron chi connectivity index (χ0n) is 11.5. The van der Waals surface area contributed by atoms with Crippen LogP contribution in [0.5, 0.6) is 0 Å². The Morgan fingerprint density at radius 1 is 1.43 bits per heavy atom. The number of hydrogen-bond acceptors (Lipinski definition) is 4. The van der Waals surface area contributed by atoms with Crippen LogP contribution in [-0.4, -0.2) is 37.5 Å². The maximum atomic E-state index is 12.8. The van der Waals surface area contributed by atoms with E-state index in [1.165, 1.54) is 0 Å². The van der Waals surface area contributed by atoms with Crippen LogP contribution < -0.4 is 11.1 Å². The zero-order chi connectivity index (χ0) is 15.9. The van der Waals surface area contributed by atoms with Crippen molar-refractivity contribution in [3.63, 3.8) is 0 Å². The first-order valence-corrected chi connectivity index (χ1v) is 6.25. The molecule has 21 heavy (non-hydrogen) atoms. The Bertz CT molecular complexity index is 478. The van der Waals surface area contributed by atoms with Crippen LogP contribution in [0, 0.1) is 5.92 Å². The molecule has 0 aliphatic carbocycles. The number of ether oxygens (including phenoxy) is 1. The van der Waals surface area contributed by atoms with E-state index in [-0.39, 0.29) is 0 Å². The highest BCUT2D eigenvalue weighted by Gasteiger charge is 2.42. The number of nitrogens with zero attached hydrogens (tertiary/aromatic N) is 1. The van der Waals surface area contributed by atoms with Crippen molar-refractivity contribution in [2.45, 2.75) is 12.6 Å². The molecule has 1 atom stereocenters. The Labute approximate surface area is 120 Å². The first-order chi connectivity index (χ1) is 9.90. The molecule has 1 aromatic carbocycles. The van der Waals surface area contributed by atoms with Gasteiger partial charge in [0, 0.05) is 19.3 Å². The zero-order valence-corrected chi connectivity index (χ0v) is 11.5. The summed E-state index contributed by atoms with van der Waals surface area (Å²) in [6.45, 7) is -0.0506. The van der Waals surface area contributed by atoms with E-state index < -0.39 is 24.5 Å². The topological polar surface area (TPSA) is 79.9 Å². The molecule has 4 N–H and O–H groups in total. The summed E-state index contributed by atoms with van der Waals surface area (Å²) in [6, 6.07) is 6.98. The number of nitrogens with two attached hydrogens (primary N) is 1. The van der Waals surface area contributed by atoms with E-state index >= 15 is 0 Å². The highest BCUT2D eigenvalue weighted by molar-refractivity contribution is 5.83. The Balaban J connectivity index is 2.81. The fourth-order valence-corrected chi connectivity index (χ4v) is 1.79. The second-order valence-corrected chi connectivity index (χ2v) is 4.40. The third kappa shape index (κ3) is 5.14. The van der Waals surface area contributed by atoms with Crippen molar-refractivity contribution in [2.24, 2.45) is 16.8 Å². The molecule has 0 bridgehead atoms. The van der Waals surface area contributed by atoms with E-state index in [1.807, 2.05) is 0 Å². The Hall–Kier alpha value is -1.96. The SMILES string of the molecule is COCCc1ccccc1NCC(/C(N)=N/O)C(F)(F)F. The Kier molecular flexibility index (Phi) is 6.29. The highest BCUT2D eigenvalue weighted by Crippen LogP contribution is 2.27. The van der Waals surface area contributed by atoms with Gasteiger partial charge in [-0.2, -0.15) is 13.2 Å². The molecule has 0 saturated heterocycles. The van der Waals surface area contributed by atoms with Gasteiger partial charge < -0.3 is 21.0 Å². The number of anilines is 1. The number of oxime groups is 1. The van der Waals surface area contributed by atoms with E-state index in [1.54, 1.807) is 31.4 Å². The van der Waals surface area contributed by atoms with Crippen LogP contribution >= 0.6 is 0 Å². The number of hydrogen-bond donors (Lipinski definition) is 3. The minimum absolute atomic E-state index is 0.460. The number of methoxy groups -OCH3 is 1. The number of nitrogens with one attached hydrogen (secondary N) is 1. The number of benzene rings is 1. The molecular formula is C13H18F3N3O2. The third-order valence-corrected chi connectivity index (χ3v) is 2.96. The monoisotopic (exact) mass is 305 g/mol. The molecule has 1 unspecified atom stereocenters. The van der Waals surface area contributed by atoms with Crippen molar-refractivity contribution < 1.29 is 23.1 Å². The molecule has 0 spiro atoms. The highest BCUT2D eigenvalue weighted by atomic mass is 19.4. The standard InChI is InChI=1S/C13H18F3N3O2/c1-21-7-6-9-4-2-3-5-11(9)18-8-10(12(17)19-20)13(14,15)16/h2-5,10,18,20H,6-8H2,1H3,(H2,17,19). The first kappa shape index (κ1) is 17.1. The maximum absolute atomic E-state index is 12.8. The van der Waals surface area contributed by atoms with E-state index in [9.17, 15) is 13.2 Å². The molecule has 0 saturated carbocycles. The lowest BCUT2D eigenvalue weighted by atomic mass is 10.1. The van der Waals surface area contributed by atoms with Gasteiger partial charge in [-0.05, 0) is 18.1 Å². The molecule has 8 heteroatoms. The number of rotatable bonds is 7. The molecule has 5 nitrogen and oxygen atoms in total. The summed E-state index contributed by atoms with van der Waals surface area (Å²) < 4.78 is 43.5. The summed E-state index contributed by atoms with van der Waals surface area (Å²) in [5.74, 6) is -2.93. The summed E-state index contributed by atoms with van der Waals surface area (Å²) >= 11 is 0. The van der Waals surface area contributed by atoms with Crippen molar-refractivity contribution in [1.29, 1.82) is 0 Å². The van der Waals surface area contributed by atoms with Crippen LogP contribution in [-0.2, 0) is 11.2 Å². The van der Waals surface area contributed by atoms with Gasteiger partial charge in [0.25, 0.3) is 0 Å². The van der Waals surface area contributed by atoms with Crippen LogP contribution in [0.15, 0.2) is 29.4 Å². The second-order valence-electron chi connectivity index (χ2n) is 4.40. The normalized spacial score (nSPS) is 14.0. The van der Waals surface area contributed by atoms with E-state index in [0.717, 1.165) is 5.56 Å². The second kappa shape index (κ2) is 7.72. The molecule has 0 fully saturated rings. The molecule has 0 aliphatic rings. The molecule has 1 aromatic rings. The third-order valence-electron chi connectivity index (χ3n) is 2.96. The lowest BCUT2D eigenvalue weighted by Gasteiger charge is -2.21. The molecule has 0 aromatic heterocycles. The van der Waals surface area contributed by atoms with E-state index in [0.29, 0.717) is 18.7 Å². The number of alkyl halides is 3. The summed E-state index contributed by atoms with van der Waals surface area (Å²) in [6.07, 6.45) is -4.02. The number of amidine groups is 1. The minimum Gasteiger partial charge on any atom is -0.409 e. The van der Waals surface area contributed by atoms with Gasteiger partial charge >= 0.3 is 6.18 Å². The summed E-state index contributed by atoms with van der Waals surface area (Å²) in [4.78, 5) is 0. The number of para-hydroxylation sites is 1. The molecule has 0 heterocycles. The maximum Gasteiger partial charge on any atom is 0.400 e. The van der Waals surface area contributed by atoms with Gasteiger partial charge in [0.2, 0.25) is 0 Å². The molecular weight excluding hydrogens is 287 g/mol. The Morgan fingerprint density at radius 2 is 2.10 bits per heavy atom. The van der Waals surface area contributed by atoms with Crippen molar-refractivity contribution in [3.8, 4) is 0 Å². The van der Waals surface area contributed by atoms with Gasteiger partial charge in [-0.1, -0.05) is 23.4 Å². The van der Waals surface area contributed by atoms with Crippen LogP contribution in [0.25, 0.3) is 0 Å². The van der Waals surface area contributed by atoms with Crippen LogP contribution in [0.3, 0.4) is 0 Å². The van der Waals surface area contributed by atoms with Gasteiger partial charge in [-0.25, -0.2) is 0 Å².